The summed E-state index contributed by atoms with van der Waals surface area (Å²) in [5.74, 6) is 0.321. The molecule has 2 saturated heterocycles. The van der Waals surface area contributed by atoms with Gasteiger partial charge in [0.2, 0.25) is 5.91 Å². The van der Waals surface area contributed by atoms with Gasteiger partial charge in [0.15, 0.2) is 0 Å². The Morgan fingerprint density at radius 2 is 1.79 bits per heavy atom. The first-order valence-electron chi connectivity index (χ1n) is 10.2. The summed E-state index contributed by atoms with van der Waals surface area (Å²) in [6.45, 7) is 8.10. The van der Waals surface area contributed by atoms with Gasteiger partial charge in [-0.1, -0.05) is 6.07 Å². The number of aliphatic hydroxyl groups excluding tert-OH is 1. The van der Waals surface area contributed by atoms with E-state index >= 15 is 0 Å². The SMILES string of the molecule is CC(C)(C)n1c(=O)n(C2CCC(=O)NC2O)c2ccc(C3CCNCC3)cc21. The van der Waals surface area contributed by atoms with Crippen molar-refractivity contribution < 1.29 is 9.90 Å². The smallest absolute Gasteiger partial charge is 0.330 e. The number of carbonyl (C=O) groups excluding carboxylic acids is 1. The Kier molecular flexibility index (Phi) is 4.83. The summed E-state index contributed by atoms with van der Waals surface area (Å²) in [6, 6.07) is 5.83. The van der Waals surface area contributed by atoms with Crippen LogP contribution in [0.1, 0.15) is 64.0 Å². The molecule has 2 aliphatic heterocycles. The Morgan fingerprint density at radius 1 is 1.07 bits per heavy atom. The Hall–Kier alpha value is -2.12. The number of hydrogen-bond donors (Lipinski definition) is 3. The number of nitrogens with one attached hydrogen (secondary N) is 2. The lowest BCUT2D eigenvalue weighted by Crippen LogP contribution is -2.48. The second-order valence-corrected chi connectivity index (χ2v) is 9.05. The molecule has 2 aliphatic rings. The van der Waals surface area contributed by atoms with Crippen molar-refractivity contribution in [3.63, 3.8) is 0 Å². The van der Waals surface area contributed by atoms with Gasteiger partial charge in [0, 0.05) is 12.0 Å². The molecule has 2 unspecified atom stereocenters. The van der Waals surface area contributed by atoms with Crippen LogP contribution < -0.4 is 16.3 Å². The zero-order valence-electron chi connectivity index (χ0n) is 16.9. The number of rotatable bonds is 2. The number of imidazole rings is 1. The normalized spacial score (nSPS) is 24.5. The number of hydrogen-bond acceptors (Lipinski definition) is 4. The lowest BCUT2D eigenvalue weighted by Gasteiger charge is -2.29. The molecule has 0 saturated carbocycles. The average Bonchev–Trinajstić information content (AvgIpc) is 2.94. The number of carbonyl (C=O) groups is 1. The molecule has 1 aromatic carbocycles. The summed E-state index contributed by atoms with van der Waals surface area (Å²) >= 11 is 0. The number of aliphatic hydroxyl groups is 1. The van der Waals surface area contributed by atoms with Gasteiger partial charge in [0.05, 0.1) is 17.1 Å². The molecule has 2 aromatic rings. The summed E-state index contributed by atoms with van der Waals surface area (Å²) in [7, 11) is 0. The molecule has 2 atom stereocenters. The van der Waals surface area contributed by atoms with Crippen molar-refractivity contribution in [3.05, 3.63) is 34.2 Å². The molecule has 7 heteroatoms. The molecule has 3 heterocycles. The highest BCUT2D eigenvalue weighted by Crippen LogP contribution is 2.32. The first-order chi connectivity index (χ1) is 13.3. The molecule has 0 spiro atoms. The van der Waals surface area contributed by atoms with Crippen molar-refractivity contribution in [1.29, 1.82) is 0 Å². The van der Waals surface area contributed by atoms with Gasteiger partial charge in [-0.25, -0.2) is 4.79 Å². The molecule has 2 fully saturated rings. The zero-order chi connectivity index (χ0) is 20.1. The van der Waals surface area contributed by atoms with E-state index in [0.717, 1.165) is 37.0 Å². The van der Waals surface area contributed by atoms with Gasteiger partial charge in [-0.3, -0.25) is 13.9 Å². The van der Waals surface area contributed by atoms with Gasteiger partial charge in [-0.2, -0.15) is 0 Å². The van der Waals surface area contributed by atoms with E-state index in [1.54, 1.807) is 4.57 Å². The zero-order valence-corrected chi connectivity index (χ0v) is 16.9. The van der Waals surface area contributed by atoms with Crippen LogP contribution in [-0.2, 0) is 10.3 Å². The highest BCUT2D eigenvalue weighted by atomic mass is 16.3. The van der Waals surface area contributed by atoms with Crippen LogP contribution in [0, 0.1) is 0 Å². The van der Waals surface area contributed by atoms with E-state index < -0.39 is 17.8 Å². The van der Waals surface area contributed by atoms with Gasteiger partial charge >= 0.3 is 5.69 Å². The van der Waals surface area contributed by atoms with Gasteiger partial charge in [-0.15, -0.1) is 0 Å². The monoisotopic (exact) mass is 386 g/mol. The van der Waals surface area contributed by atoms with Crippen molar-refractivity contribution in [2.24, 2.45) is 0 Å². The second kappa shape index (κ2) is 7.04. The lowest BCUT2D eigenvalue weighted by atomic mass is 9.90. The average molecular weight is 386 g/mol. The van der Waals surface area contributed by atoms with E-state index in [4.69, 9.17) is 0 Å². The summed E-state index contributed by atoms with van der Waals surface area (Å²) in [5, 5.41) is 16.4. The van der Waals surface area contributed by atoms with Crippen LogP contribution in [0.25, 0.3) is 11.0 Å². The summed E-state index contributed by atoms with van der Waals surface area (Å²) in [5.41, 5.74) is 2.46. The van der Waals surface area contributed by atoms with Crippen LogP contribution in [0.3, 0.4) is 0 Å². The van der Waals surface area contributed by atoms with Crippen LogP contribution in [0.15, 0.2) is 23.0 Å². The maximum atomic E-state index is 13.4. The molecule has 0 bridgehead atoms. The predicted molar refractivity (Wildman–Crippen MR) is 108 cm³/mol. The Bertz CT molecular complexity index is 947. The highest BCUT2D eigenvalue weighted by molar-refractivity contribution is 5.79. The number of fused-ring (bicyclic) bond motifs is 1. The van der Waals surface area contributed by atoms with Crippen molar-refractivity contribution in [2.75, 3.05) is 13.1 Å². The van der Waals surface area contributed by atoms with Crippen LogP contribution >= 0.6 is 0 Å². The van der Waals surface area contributed by atoms with E-state index in [1.807, 2.05) is 31.4 Å². The third kappa shape index (κ3) is 3.26. The highest BCUT2D eigenvalue weighted by Gasteiger charge is 2.33. The Balaban J connectivity index is 1.87. The van der Waals surface area contributed by atoms with Crippen LogP contribution in [0.4, 0.5) is 0 Å². The molecule has 28 heavy (non-hydrogen) atoms. The van der Waals surface area contributed by atoms with E-state index in [1.165, 1.54) is 5.56 Å². The van der Waals surface area contributed by atoms with Crippen LogP contribution in [0.5, 0.6) is 0 Å². The maximum absolute atomic E-state index is 13.4. The standard InChI is InChI=1S/C21H30N4O3/c1-21(2,3)25-17-12-14(13-8-10-22-11-9-13)4-5-15(17)24(20(25)28)16-6-7-18(26)23-19(16)27/h4-5,12-13,16,19,22,27H,6-11H2,1-3H3,(H,23,26). The van der Waals surface area contributed by atoms with Gasteiger partial charge in [0.25, 0.3) is 0 Å². The largest absolute Gasteiger partial charge is 0.372 e. The molecular weight excluding hydrogens is 356 g/mol. The lowest BCUT2D eigenvalue weighted by molar-refractivity contribution is -0.128. The first-order valence-corrected chi connectivity index (χ1v) is 10.2. The van der Waals surface area contributed by atoms with Crippen molar-refractivity contribution >= 4 is 16.9 Å². The molecular formula is C21H30N4O3. The van der Waals surface area contributed by atoms with Crippen molar-refractivity contribution in [1.82, 2.24) is 19.8 Å². The fourth-order valence-corrected chi connectivity index (χ4v) is 4.66. The minimum atomic E-state index is -1.05. The summed E-state index contributed by atoms with van der Waals surface area (Å²) < 4.78 is 3.51. The molecule has 1 aromatic heterocycles. The van der Waals surface area contributed by atoms with Crippen molar-refractivity contribution in [3.8, 4) is 0 Å². The van der Waals surface area contributed by atoms with E-state index in [2.05, 4.69) is 22.8 Å². The predicted octanol–water partition coefficient (Wildman–Crippen LogP) is 1.79. The fraction of sp³-hybridized carbons (Fsp3) is 0.619. The molecule has 3 N–H and O–H groups in total. The van der Waals surface area contributed by atoms with Gasteiger partial charge in [-0.05, 0) is 76.7 Å². The number of nitrogens with zero attached hydrogens (tertiary/aromatic N) is 2. The molecule has 152 valence electrons. The molecule has 4 rings (SSSR count). The molecule has 7 nitrogen and oxygen atoms in total. The molecule has 0 radical (unpaired) electrons. The number of benzene rings is 1. The quantitative estimate of drug-likeness (QED) is 0.734. The Morgan fingerprint density at radius 3 is 2.43 bits per heavy atom. The first kappa shape index (κ1) is 19.2. The van der Waals surface area contributed by atoms with E-state index in [-0.39, 0.29) is 11.6 Å². The minimum Gasteiger partial charge on any atom is -0.372 e. The topological polar surface area (TPSA) is 88.3 Å². The third-order valence-corrected chi connectivity index (χ3v) is 6.05. The molecule has 0 aliphatic carbocycles. The second-order valence-electron chi connectivity index (χ2n) is 9.05. The minimum absolute atomic E-state index is 0.134. The third-order valence-electron chi connectivity index (χ3n) is 6.05. The Labute approximate surface area is 164 Å². The molecule has 1 amide bonds. The maximum Gasteiger partial charge on any atom is 0.330 e. The van der Waals surface area contributed by atoms with E-state index in [0.29, 0.717) is 18.8 Å². The summed E-state index contributed by atoms with van der Waals surface area (Å²) in [6.07, 6.45) is 1.90. The number of piperidine rings is 2. The van der Waals surface area contributed by atoms with Gasteiger partial charge in [0.1, 0.15) is 6.23 Å². The fourth-order valence-electron chi connectivity index (χ4n) is 4.66. The van der Waals surface area contributed by atoms with Crippen LogP contribution in [0.2, 0.25) is 0 Å². The van der Waals surface area contributed by atoms with Crippen LogP contribution in [-0.4, -0.2) is 39.5 Å². The van der Waals surface area contributed by atoms with Crippen molar-refractivity contribution in [2.45, 2.75) is 70.2 Å². The summed E-state index contributed by atoms with van der Waals surface area (Å²) in [4.78, 5) is 25.1. The van der Waals surface area contributed by atoms with E-state index in [9.17, 15) is 14.7 Å². The van der Waals surface area contributed by atoms with Gasteiger partial charge < -0.3 is 15.7 Å². The number of amides is 1. The number of aromatic nitrogens is 2.